The molecule has 0 aliphatic heterocycles. The molecule has 5 heteroatoms. The number of carbonyl (C=O) groups excluding carboxylic acids is 1. The summed E-state index contributed by atoms with van der Waals surface area (Å²) >= 11 is 5.91. The van der Waals surface area contributed by atoms with Crippen LogP contribution < -0.4 is 5.32 Å². The zero-order valence-electron chi connectivity index (χ0n) is 13.8. The molecule has 0 atom stereocenters. The lowest BCUT2D eigenvalue weighted by Gasteiger charge is -2.23. The number of nitrogens with one attached hydrogen (secondary N) is 1. The molecule has 1 N–H and O–H groups in total. The van der Waals surface area contributed by atoms with Gasteiger partial charge in [-0.25, -0.2) is 4.68 Å². The van der Waals surface area contributed by atoms with Gasteiger partial charge in [-0.05, 0) is 55.4 Å². The molecule has 1 saturated carbocycles. The minimum atomic E-state index is 0.0337. The van der Waals surface area contributed by atoms with Crippen molar-refractivity contribution in [1.29, 1.82) is 0 Å². The molecule has 0 spiro atoms. The number of aryl methyl sites for hydroxylation is 1. The SMILES string of the molecule is Cc1cn(-c2ccc(Cl)cc2)nc1NC(=O)CC(C)(C)C1CC1. The molecule has 1 aromatic carbocycles. The summed E-state index contributed by atoms with van der Waals surface area (Å²) in [4.78, 5) is 12.3. The van der Waals surface area contributed by atoms with Crippen LogP contribution in [0.15, 0.2) is 30.5 Å². The Labute approximate surface area is 141 Å². The number of halogens is 1. The molecule has 0 unspecified atom stereocenters. The van der Waals surface area contributed by atoms with Crippen LogP contribution in [0.2, 0.25) is 5.02 Å². The Kier molecular flexibility index (Phi) is 4.19. The van der Waals surface area contributed by atoms with Crippen LogP contribution in [0.3, 0.4) is 0 Å². The monoisotopic (exact) mass is 331 g/mol. The zero-order chi connectivity index (χ0) is 16.6. The van der Waals surface area contributed by atoms with Gasteiger partial charge in [-0.3, -0.25) is 4.79 Å². The number of carbonyl (C=O) groups is 1. The average molecular weight is 332 g/mol. The topological polar surface area (TPSA) is 46.9 Å². The number of hydrogen-bond acceptors (Lipinski definition) is 2. The standard InChI is InChI=1S/C18H22ClN3O/c1-12-11-22(15-8-6-14(19)7-9-15)21-17(12)20-16(23)10-18(2,3)13-4-5-13/h6-9,11,13H,4-5,10H2,1-3H3,(H,20,21,23). The normalized spacial score (nSPS) is 14.8. The van der Waals surface area contributed by atoms with Crippen molar-refractivity contribution >= 4 is 23.3 Å². The summed E-state index contributed by atoms with van der Waals surface area (Å²) in [6.07, 6.45) is 4.92. The molecule has 0 saturated heterocycles. The second-order valence-electron chi connectivity index (χ2n) is 7.07. The summed E-state index contributed by atoms with van der Waals surface area (Å²) in [5, 5.41) is 8.12. The van der Waals surface area contributed by atoms with Crippen molar-refractivity contribution in [1.82, 2.24) is 9.78 Å². The lowest BCUT2D eigenvalue weighted by atomic mass is 9.83. The number of anilines is 1. The molecular weight excluding hydrogens is 310 g/mol. The molecule has 1 amide bonds. The maximum atomic E-state index is 12.3. The fourth-order valence-electron chi connectivity index (χ4n) is 2.91. The molecule has 122 valence electrons. The highest BCUT2D eigenvalue weighted by molar-refractivity contribution is 6.30. The summed E-state index contributed by atoms with van der Waals surface area (Å²) in [5.41, 5.74) is 1.92. The minimum Gasteiger partial charge on any atom is -0.309 e. The summed E-state index contributed by atoms with van der Waals surface area (Å²) in [7, 11) is 0. The van der Waals surface area contributed by atoms with Crippen LogP contribution in [0.25, 0.3) is 5.69 Å². The Balaban J connectivity index is 1.71. The van der Waals surface area contributed by atoms with E-state index in [1.807, 2.05) is 37.4 Å². The number of benzene rings is 1. The molecule has 2 aromatic rings. The molecule has 1 heterocycles. The molecule has 1 aromatic heterocycles. The van der Waals surface area contributed by atoms with E-state index in [-0.39, 0.29) is 11.3 Å². The molecule has 3 rings (SSSR count). The molecule has 0 radical (unpaired) electrons. The first-order valence-corrected chi connectivity index (χ1v) is 8.35. The molecule has 0 bridgehead atoms. The first-order valence-electron chi connectivity index (χ1n) is 7.97. The molecule has 23 heavy (non-hydrogen) atoms. The smallest absolute Gasteiger partial charge is 0.226 e. The van der Waals surface area contributed by atoms with Gasteiger partial charge in [-0.1, -0.05) is 25.4 Å². The van der Waals surface area contributed by atoms with Crippen LogP contribution in [0.4, 0.5) is 5.82 Å². The van der Waals surface area contributed by atoms with Crippen molar-refractivity contribution in [2.45, 2.75) is 40.0 Å². The Morgan fingerprint density at radius 2 is 2.00 bits per heavy atom. The third kappa shape index (κ3) is 3.75. The maximum Gasteiger partial charge on any atom is 0.226 e. The van der Waals surface area contributed by atoms with Crippen molar-refractivity contribution in [3.05, 3.63) is 41.0 Å². The highest BCUT2D eigenvalue weighted by Gasteiger charge is 2.39. The van der Waals surface area contributed by atoms with Gasteiger partial charge in [-0.15, -0.1) is 5.10 Å². The largest absolute Gasteiger partial charge is 0.309 e. The number of aromatic nitrogens is 2. The van der Waals surface area contributed by atoms with Crippen molar-refractivity contribution in [3.8, 4) is 5.69 Å². The molecule has 1 aliphatic rings. The van der Waals surface area contributed by atoms with Crippen LogP contribution in [-0.4, -0.2) is 15.7 Å². The molecule has 1 fully saturated rings. The zero-order valence-corrected chi connectivity index (χ0v) is 14.5. The Morgan fingerprint density at radius 1 is 1.35 bits per heavy atom. The third-order valence-corrected chi connectivity index (χ3v) is 4.80. The summed E-state index contributed by atoms with van der Waals surface area (Å²) < 4.78 is 1.76. The lowest BCUT2D eigenvalue weighted by Crippen LogP contribution is -2.24. The maximum absolute atomic E-state index is 12.3. The van der Waals surface area contributed by atoms with Gasteiger partial charge in [-0.2, -0.15) is 0 Å². The van der Waals surface area contributed by atoms with E-state index in [9.17, 15) is 4.79 Å². The van der Waals surface area contributed by atoms with Crippen LogP contribution >= 0.6 is 11.6 Å². The number of nitrogens with zero attached hydrogens (tertiary/aromatic N) is 2. The third-order valence-electron chi connectivity index (χ3n) is 4.54. The van der Waals surface area contributed by atoms with E-state index in [1.54, 1.807) is 4.68 Å². The van der Waals surface area contributed by atoms with E-state index in [0.717, 1.165) is 11.3 Å². The van der Waals surface area contributed by atoms with Crippen molar-refractivity contribution in [2.75, 3.05) is 5.32 Å². The highest BCUT2D eigenvalue weighted by Crippen LogP contribution is 2.47. The van der Waals surface area contributed by atoms with Crippen LogP contribution in [0.5, 0.6) is 0 Å². The van der Waals surface area contributed by atoms with E-state index in [2.05, 4.69) is 24.3 Å². The quantitative estimate of drug-likeness (QED) is 0.870. The number of amides is 1. The predicted octanol–water partition coefficient (Wildman–Crippen LogP) is 4.60. The van der Waals surface area contributed by atoms with Gasteiger partial charge in [0.1, 0.15) is 0 Å². The highest BCUT2D eigenvalue weighted by atomic mass is 35.5. The second kappa shape index (κ2) is 6.00. The van der Waals surface area contributed by atoms with Gasteiger partial charge in [0.15, 0.2) is 5.82 Å². The van der Waals surface area contributed by atoms with Crippen molar-refractivity contribution in [3.63, 3.8) is 0 Å². The van der Waals surface area contributed by atoms with Crippen LogP contribution in [-0.2, 0) is 4.79 Å². The van der Waals surface area contributed by atoms with Gasteiger partial charge < -0.3 is 5.32 Å². The predicted molar refractivity (Wildman–Crippen MR) is 93.1 cm³/mol. The van der Waals surface area contributed by atoms with E-state index < -0.39 is 0 Å². The van der Waals surface area contributed by atoms with E-state index in [4.69, 9.17) is 11.6 Å². The van der Waals surface area contributed by atoms with Gasteiger partial charge in [0.2, 0.25) is 5.91 Å². The van der Waals surface area contributed by atoms with Crippen molar-refractivity contribution in [2.24, 2.45) is 11.3 Å². The van der Waals surface area contributed by atoms with Gasteiger partial charge in [0, 0.05) is 23.2 Å². The number of hydrogen-bond donors (Lipinski definition) is 1. The fourth-order valence-corrected chi connectivity index (χ4v) is 3.03. The Hall–Kier alpha value is -1.81. The van der Waals surface area contributed by atoms with E-state index in [0.29, 0.717) is 23.2 Å². The number of rotatable bonds is 5. The van der Waals surface area contributed by atoms with E-state index >= 15 is 0 Å². The summed E-state index contributed by atoms with van der Waals surface area (Å²) in [6, 6.07) is 7.45. The van der Waals surface area contributed by atoms with Gasteiger partial charge >= 0.3 is 0 Å². The summed E-state index contributed by atoms with van der Waals surface area (Å²) in [5.74, 6) is 1.34. The minimum absolute atomic E-state index is 0.0337. The van der Waals surface area contributed by atoms with Crippen molar-refractivity contribution < 1.29 is 4.79 Å². The second-order valence-corrected chi connectivity index (χ2v) is 7.51. The van der Waals surface area contributed by atoms with Crippen LogP contribution in [0.1, 0.15) is 38.7 Å². The van der Waals surface area contributed by atoms with Gasteiger partial charge in [0.05, 0.1) is 5.69 Å². The van der Waals surface area contributed by atoms with E-state index in [1.165, 1.54) is 12.8 Å². The summed E-state index contributed by atoms with van der Waals surface area (Å²) in [6.45, 7) is 6.29. The molecule has 4 nitrogen and oxygen atoms in total. The lowest BCUT2D eigenvalue weighted by molar-refractivity contribution is -0.118. The first-order chi connectivity index (χ1) is 10.8. The Bertz CT molecular complexity index is 714. The molecular formula is C18H22ClN3O. The fraction of sp³-hybridized carbons (Fsp3) is 0.444. The van der Waals surface area contributed by atoms with Gasteiger partial charge in [0.25, 0.3) is 0 Å². The molecule has 1 aliphatic carbocycles. The van der Waals surface area contributed by atoms with Crippen LogP contribution in [0, 0.1) is 18.3 Å². The average Bonchev–Trinajstić information content (AvgIpc) is 3.26. The Morgan fingerprint density at radius 3 is 2.61 bits per heavy atom. The first kappa shape index (κ1) is 16.1.